The predicted molar refractivity (Wildman–Crippen MR) is 33.5 cm³/mol. The number of hydrogen-bond acceptors (Lipinski definition) is 1. The van der Waals surface area contributed by atoms with Gasteiger partial charge in [0.1, 0.15) is 0 Å². The Balaban J connectivity index is 3.76. The molecular weight excluding hydrogens is 127 g/mol. The zero-order valence-corrected chi connectivity index (χ0v) is 5.05. The molecule has 0 atom stereocenters. The first-order chi connectivity index (χ1) is 3.63. The molecule has 0 spiro atoms. The third-order valence-electron chi connectivity index (χ3n) is 0.263. The molecule has 0 aliphatic rings. The lowest BCUT2D eigenvalue weighted by atomic mass is 11.1. The Morgan fingerprint density at radius 1 is 1.25 bits per heavy atom. The summed E-state index contributed by atoms with van der Waals surface area (Å²) in [5, 5.41) is 3.20. The monoisotopic (exact) mass is 135 g/mol. The van der Waals surface area contributed by atoms with Gasteiger partial charge in [-0.1, -0.05) is 5.10 Å². The van der Waals surface area contributed by atoms with Crippen LogP contribution in [-0.2, 0) is 0 Å². The van der Waals surface area contributed by atoms with Crippen LogP contribution >= 0.6 is 8.01 Å². The summed E-state index contributed by atoms with van der Waals surface area (Å²) < 4.78 is 0. The van der Waals surface area contributed by atoms with Gasteiger partial charge in [0.15, 0.2) is 0 Å². The van der Waals surface area contributed by atoms with E-state index in [9.17, 15) is 0 Å². The van der Waals surface area contributed by atoms with Gasteiger partial charge < -0.3 is 11.5 Å². The average molecular weight is 135 g/mol. The minimum Gasteiger partial charge on any atom is -0.368 e. The highest BCUT2D eigenvalue weighted by molar-refractivity contribution is 7.41. The molecule has 0 fully saturated rings. The van der Waals surface area contributed by atoms with Crippen molar-refractivity contribution in [2.24, 2.45) is 32.4 Å². The predicted octanol–water partition coefficient (Wildman–Crippen LogP) is -1.41. The topological polar surface area (TPSA) is 129 Å². The van der Waals surface area contributed by atoms with Gasteiger partial charge >= 0.3 is 8.01 Å². The molecule has 0 saturated heterocycles. The van der Waals surface area contributed by atoms with E-state index < -0.39 is 8.01 Å². The van der Waals surface area contributed by atoms with Crippen molar-refractivity contribution in [1.29, 1.82) is 0 Å². The van der Waals surface area contributed by atoms with Crippen LogP contribution in [0.25, 0.3) is 0 Å². The lowest BCUT2D eigenvalue weighted by Crippen LogP contribution is -2.21. The maximum absolute atomic E-state index is 5.00. The molecule has 0 unspecified atom stereocenters. The Morgan fingerprint density at radius 2 is 1.75 bits per heavy atom. The van der Waals surface area contributed by atoms with Gasteiger partial charge in [-0.3, -0.25) is 0 Å². The Morgan fingerprint density at radius 3 is 1.88 bits per heavy atom. The van der Waals surface area contributed by atoms with Crippen molar-refractivity contribution >= 4 is 14.0 Å². The van der Waals surface area contributed by atoms with Gasteiger partial charge in [-0.15, -0.1) is 11.0 Å². The van der Waals surface area contributed by atoms with E-state index in [0.29, 0.717) is 0 Å². The number of rotatable bonds is 1. The largest absolute Gasteiger partial charge is 0.413 e. The van der Waals surface area contributed by atoms with Gasteiger partial charge in [0, 0.05) is 0 Å². The molecular formula is CH8N6P+. The van der Waals surface area contributed by atoms with Gasteiger partial charge in [-0.05, 0) is 0 Å². The van der Waals surface area contributed by atoms with Crippen LogP contribution in [0.3, 0.4) is 0 Å². The lowest BCUT2D eigenvalue weighted by molar-refractivity contribution is 1.23. The van der Waals surface area contributed by atoms with Gasteiger partial charge in [-0.25, -0.2) is 0 Å². The van der Waals surface area contributed by atoms with Crippen molar-refractivity contribution in [2.75, 3.05) is 0 Å². The smallest absolute Gasteiger partial charge is 0.368 e. The highest BCUT2D eigenvalue weighted by atomic mass is 31.1. The molecule has 46 valence electrons. The summed E-state index contributed by atoms with van der Waals surface area (Å²) in [4.78, 5) is 3.28. The van der Waals surface area contributed by atoms with Crippen LogP contribution < -0.4 is 22.5 Å². The summed E-state index contributed by atoms with van der Waals surface area (Å²) in [7, 11) is -1.36. The molecule has 0 aromatic rings. The van der Waals surface area contributed by atoms with E-state index in [2.05, 4.69) is 9.96 Å². The molecule has 0 aromatic carbocycles. The van der Waals surface area contributed by atoms with E-state index in [1.807, 2.05) is 0 Å². The molecule has 8 heavy (non-hydrogen) atoms. The van der Waals surface area contributed by atoms with Crippen molar-refractivity contribution in [3.63, 3.8) is 0 Å². The fourth-order valence-electron chi connectivity index (χ4n) is 0.103. The Bertz CT molecular complexity index is 100. The summed E-state index contributed by atoms with van der Waals surface area (Å²) in [6, 6.07) is 0. The molecule has 0 aliphatic carbocycles. The first kappa shape index (κ1) is 7.29. The number of guanidine groups is 1. The quantitative estimate of drug-likeness (QED) is 0.152. The zero-order valence-electron chi connectivity index (χ0n) is 4.15. The zero-order chi connectivity index (χ0) is 6.57. The first-order valence-corrected chi connectivity index (χ1v) is 3.15. The van der Waals surface area contributed by atoms with Crippen molar-refractivity contribution in [3.05, 3.63) is 0 Å². The van der Waals surface area contributed by atoms with Gasteiger partial charge in [0.25, 0.3) is 0 Å². The van der Waals surface area contributed by atoms with Crippen molar-refractivity contribution < 1.29 is 0 Å². The molecule has 8 N–H and O–H groups in total. The molecule has 0 amide bonds. The molecule has 0 rings (SSSR count). The average Bonchev–Trinajstić information content (AvgIpc) is 1.61. The summed E-state index contributed by atoms with van der Waals surface area (Å²) in [5.74, 6) is -0.131. The second-order valence-electron chi connectivity index (χ2n) is 0.994. The molecule has 0 aliphatic heterocycles. The van der Waals surface area contributed by atoms with Crippen LogP contribution in [0.1, 0.15) is 0 Å². The summed E-state index contributed by atoms with van der Waals surface area (Å²) in [6.07, 6.45) is 0. The number of hydrogen-bond donors (Lipinski definition) is 4. The summed E-state index contributed by atoms with van der Waals surface area (Å²) >= 11 is 0. The molecule has 6 nitrogen and oxygen atoms in total. The Hall–Kier alpha value is -0.710. The van der Waals surface area contributed by atoms with Crippen LogP contribution in [0, 0.1) is 0 Å². The minimum atomic E-state index is -1.36. The van der Waals surface area contributed by atoms with E-state index in [4.69, 9.17) is 22.5 Å². The molecule has 0 aromatic heterocycles. The maximum Gasteiger partial charge on any atom is 0.413 e. The number of nitrogens with two attached hydrogens (primary N) is 4. The molecule has 0 bridgehead atoms. The van der Waals surface area contributed by atoms with Crippen LogP contribution in [0.4, 0.5) is 0 Å². The lowest BCUT2D eigenvalue weighted by Gasteiger charge is -1.76. The Labute approximate surface area is 47.5 Å². The molecule has 0 saturated carbocycles. The molecule has 7 heteroatoms. The third kappa shape index (κ3) is 5.29. The SMILES string of the molecule is NC(N)=NN=[P+](N)N. The van der Waals surface area contributed by atoms with Crippen LogP contribution in [0.5, 0.6) is 0 Å². The molecule has 0 radical (unpaired) electrons. The van der Waals surface area contributed by atoms with Crippen molar-refractivity contribution in [2.45, 2.75) is 0 Å². The maximum atomic E-state index is 5.00. The minimum absolute atomic E-state index is 0.131. The van der Waals surface area contributed by atoms with E-state index in [0.717, 1.165) is 0 Å². The van der Waals surface area contributed by atoms with Crippen LogP contribution in [0.2, 0.25) is 0 Å². The highest BCUT2D eigenvalue weighted by Crippen LogP contribution is 1.98. The third-order valence-corrected chi connectivity index (χ3v) is 0.559. The van der Waals surface area contributed by atoms with Gasteiger partial charge in [-0.2, -0.15) is 0 Å². The Kier molecular flexibility index (Phi) is 3.02. The number of nitrogens with zero attached hydrogens (tertiary/aromatic N) is 2. The van der Waals surface area contributed by atoms with E-state index in [1.165, 1.54) is 0 Å². The standard InChI is InChI=1S/CH8N6P/c2-1(3)6-7-8(4)5/h(H4,2,3,6)(H4,4,5,7)/q+1. The fraction of sp³-hybridized carbons (Fsp3) is 0. The first-order valence-electron chi connectivity index (χ1n) is 1.72. The van der Waals surface area contributed by atoms with Gasteiger partial charge in [0.05, 0.1) is 4.85 Å². The van der Waals surface area contributed by atoms with Crippen molar-refractivity contribution in [3.8, 4) is 0 Å². The highest BCUT2D eigenvalue weighted by Gasteiger charge is 1.89. The van der Waals surface area contributed by atoms with E-state index >= 15 is 0 Å². The van der Waals surface area contributed by atoms with Crippen LogP contribution in [0.15, 0.2) is 9.96 Å². The van der Waals surface area contributed by atoms with Crippen molar-refractivity contribution in [1.82, 2.24) is 0 Å². The van der Waals surface area contributed by atoms with E-state index in [-0.39, 0.29) is 5.96 Å². The normalized spacial score (nSPS) is 7.75. The van der Waals surface area contributed by atoms with E-state index in [1.54, 1.807) is 0 Å². The fourth-order valence-corrected chi connectivity index (χ4v) is 0.310. The summed E-state index contributed by atoms with van der Waals surface area (Å²) in [6.45, 7) is 0. The second kappa shape index (κ2) is 3.31. The molecule has 0 heterocycles. The second-order valence-corrected chi connectivity index (χ2v) is 1.93. The van der Waals surface area contributed by atoms with Gasteiger partial charge in [0.2, 0.25) is 5.96 Å². The van der Waals surface area contributed by atoms with Crippen LogP contribution in [-0.4, -0.2) is 5.96 Å². The summed E-state index contributed by atoms with van der Waals surface area (Å²) in [5.41, 5.74) is 19.7.